The van der Waals surface area contributed by atoms with Crippen molar-refractivity contribution in [1.82, 2.24) is 4.31 Å². The van der Waals surface area contributed by atoms with Gasteiger partial charge in [-0.1, -0.05) is 18.2 Å². The van der Waals surface area contributed by atoms with Crippen molar-refractivity contribution in [3.63, 3.8) is 0 Å². The van der Waals surface area contributed by atoms with Crippen molar-refractivity contribution in [2.24, 2.45) is 0 Å². The van der Waals surface area contributed by atoms with Crippen LogP contribution in [-0.4, -0.2) is 53.4 Å². The number of hydrogen-bond donors (Lipinski definition) is 2. The Kier molecular flexibility index (Phi) is 7.17. The number of morpholine rings is 1. The van der Waals surface area contributed by atoms with Gasteiger partial charge >= 0.3 is 0 Å². The summed E-state index contributed by atoms with van der Waals surface area (Å²) in [5.41, 5.74) is 0.242. The number of rotatable bonds is 7. The third-order valence-electron chi connectivity index (χ3n) is 5.24. The Balaban J connectivity index is 1.56. The van der Waals surface area contributed by atoms with E-state index in [0.717, 1.165) is 24.3 Å². The summed E-state index contributed by atoms with van der Waals surface area (Å²) < 4.78 is 73.3. The maximum absolute atomic E-state index is 13.2. The van der Waals surface area contributed by atoms with Gasteiger partial charge in [-0.15, -0.1) is 0 Å². The molecular formula is C23H22FN3O6S2. The first kappa shape index (κ1) is 24.8. The fourth-order valence-electron chi connectivity index (χ4n) is 3.46. The van der Waals surface area contributed by atoms with E-state index < -0.39 is 31.8 Å². The van der Waals surface area contributed by atoms with Crippen LogP contribution in [-0.2, 0) is 24.8 Å². The third kappa shape index (κ3) is 5.68. The molecule has 0 aromatic heterocycles. The van der Waals surface area contributed by atoms with Gasteiger partial charge in [0.2, 0.25) is 10.0 Å². The number of sulfonamides is 2. The van der Waals surface area contributed by atoms with Gasteiger partial charge in [-0.3, -0.25) is 9.52 Å². The number of nitrogens with one attached hydrogen (secondary N) is 2. The SMILES string of the molecule is O=C(Nc1cccc(S(=O)(=O)N2CCOCC2)c1)c1ccccc1NS(=O)(=O)c1ccc(F)cc1. The van der Waals surface area contributed by atoms with Crippen LogP contribution in [0.3, 0.4) is 0 Å². The predicted octanol–water partition coefficient (Wildman–Crippen LogP) is 2.90. The number of carbonyl (C=O) groups excluding carboxylic acids is 1. The zero-order chi connectivity index (χ0) is 25.1. The van der Waals surface area contributed by atoms with E-state index in [9.17, 15) is 26.0 Å². The monoisotopic (exact) mass is 519 g/mol. The lowest BCUT2D eigenvalue weighted by atomic mass is 10.1. The first-order valence-corrected chi connectivity index (χ1v) is 13.5. The fraction of sp³-hybridized carbons (Fsp3) is 0.174. The predicted molar refractivity (Wildman–Crippen MR) is 128 cm³/mol. The average molecular weight is 520 g/mol. The summed E-state index contributed by atoms with van der Waals surface area (Å²) in [5.74, 6) is -1.23. The molecule has 4 rings (SSSR count). The van der Waals surface area contributed by atoms with Crippen molar-refractivity contribution >= 4 is 37.3 Å². The van der Waals surface area contributed by atoms with Gasteiger partial charge in [0, 0.05) is 18.8 Å². The van der Waals surface area contributed by atoms with Crippen LogP contribution in [0.4, 0.5) is 15.8 Å². The molecule has 0 atom stereocenters. The van der Waals surface area contributed by atoms with Crippen molar-refractivity contribution in [3.8, 4) is 0 Å². The van der Waals surface area contributed by atoms with Crippen LogP contribution < -0.4 is 10.0 Å². The first-order valence-electron chi connectivity index (χ1n) is 10.5. The molecule has 1 aliphatic rings. The van der Waals surface area contributed by atoms with Crippen LogP contribution in [0.5, 0.6) is 0 Å². The van der Waals surface area contributed by atoms with Crippen LogP contribution in [0, 0.1) is 5.82 Å². The molecule has 0 unspecified atom stereocenters. The zero-order valence-electron chi connectivity index (χ0n) is 18.3. The number of anilines is 2. The molecule has 0 bridgehead atoms. The molecule has 1 amide bonds. The lowest BCUT2D eigenvalue weighted by Crippen LogP contribution is -2.40. The van der Waals surface area contributed by atoms with Crippen LogP contribution >= 0.6 is 0 Å². The van der Waals surface area contributed by atoms with Gasteiger partial charge in [0.1, 0.15) is 5.82 Å². The molecule has 9 nitrogen and oxygen atoms in total. The number of para-hydroxylation sites is 1. The maximum Gasteiger partial charge on any atom is 0.261 e. The Bertz CT molecular complexity index is 1440. The Hall–Kier alpha value is -3.32. The van der Waals surface area contributed by atoms with Crippen molar-refractivity contribution in [1.29, 1.82) is 0 Å². The van der Waals surface area contributed by atoms with E-state index in [2.05, 4.69) is 10.0 Å². The third-order valence-corrected chi connectivity index (χ3v) is 8.52. The zero-order valence-corrected chi connectivity index (χ0v) is 20.0. The number of carbonyl (C=O) groups is 1. The lowest BCUT2D eigenvalue weighted by molar-refractivity contribution is 0.0730. The van der Waals surface area contributed by atoms with Crippen molar-refractivity contribution in [2.75, 3.05) is 36.3 Å². The molecule has 1 saturated heterocycles. The lowest BCUT2D eigenvalue weighted by Gasteiger charge is -2.26. The van der Waals surface area contributed by atoms with Gasteiger partial charge in [-0.2, -0.15) is 4.31 Å². The van der Waals surface area contributed by atoms with E-state index in [1.54, 1.807) is 12.1 Å². The van der Waals surface area contributed by atoms with Crippen LogP contribution in [0.15, 0.2) is 82.6 Å². The summed E-state index contributed by atoms with van der Waals surface area (Å²) in [7, 11) is -7.86. The van der Waals surface area contributed by atoms with Crippen LogP contribution in [0.2, 0.25) is 0 Å². The van der Waals surface area contributed by atoms with Gasteiger partial charge in [-0.25, -0.2) is 21.2 Å². The molecule has 3 aromatic carbocycles. The van der Waals surface area contributed by atoms with Gasteiger partial charge in [-0.05, 0) is 54.6 Å². The second kappa shape index (κ2) is 10.1. The standard InChI is InChI=1S/C23H22FN3O6S2/c24-17-8-10-19(11-9-17)34(29,30)26-22-7-2-1-6-21(22)23(28)25-18-4-3-5-20(16-18)35(31,32)27-12-14-33-15-13-27/h1-11,16,26H,12-15H2,(H,25,28). The molecule has 0 aliphatic carbocycles. The molecule has 12 heteroatoms. The van der Waals surface area contributed by atoms with E-state index in [4.69, 9.17) is 4.74 Å². The minimum Gasteiger partial charge on any atom is -0.379 e. The minimum atomic E-state index is -4.09. The van der Waals surface area contributed by atoms with Crippen molar-refractivity contribution in [2.45, 2.75) is 9.79 Å². The molecule has 35 heavy (non-hydrogen) atoms. The van der Waals surface area contributed by atoms with E-state index in [-0.39, 0.29) is 39.8 Å². The molecule has 0 saturated carbocycles. The Morgan fingerprint density at radius 1 is 0.857 bits per heavy atom. The molecular weight excluding hydrogens is 497 g/mol. The number of hydrogen-bond acceptors (Lipinski definition) is 6. The number of benzene rings is 3. The molecule has 2 N–H and O–H groups in total. The Labute approximate surface area is 202 Å². The van der Waals surface area contributed by atoms with E-state index in [1.165, 1.54) is 40.7 Å². The van der Waals surface area contributed by atoms with Gasteiger partial charge in [0.05, 0.1) is 34.3 Å². The highest BCUT2D eigenvalue weighted by atomic mass is 32.2. The van der Waals surface area contributed by atoms with Gasteiger partial charge in [0.25, 0.3) is 15.9 Å². The average Bonchev–Trinajstić information content (AvgIpc) is 2.85. The Morgan fingerprint density at radius 3 is 2.26 bits per heavy atom. The summed E-state index contributed by atoms with van der Waals surface area (Å²) in [6.07, 6.45) is 0. The normalized spacial score (nSPS) is 14.9. The first-order chi connectivity index (χ1) is 16.7. The highest BCUT2D eigenvalue weighted by Gasteiger charge is 2.26. The summed E-state index contributed by atoms with van der Waals surface area (Å²) >= 11 is 0. The van der Waals surface area contributed by atoms with Crippen LogP contribution in [0.1, 0.15) is 10.4 Å². The molecule has 3 aromatic rings. The van der Waals surface area contributed by atoms with Crippen molar-refractivity contribution < 1.29 is 30.8 Å². The summed E-state index contributed by atoms with van der Waals surface area (Å²) in [5, 5.41) is 2.62. The van der Waals surface area contributed by atoms with Crippen molar-refractivity contribution in [3.05, 3.63) is 84.2 Å². The van der Waals surface area contributed by atoms with E-state index in [1.807, 2.05) is 0 Å². The number of halogens is 1. The molecule has 1 aliphatic heterocycles. The number of amides is 1. The smallest absolute Gasteiger partial charge is 0.261 e. The second-order valence-corrected chi connectivity index (χ2v) is 11.2. The summed E-state index contributed by atoms with van der Waals surface area (Å²) in [6.45, 7) is 1.08. The second-order valence-electron chi connectivity index (χ2n) is 7.60. The number of ether oxygens (including phenoxy) is 1. The molecule has 184 valence electrons. The molecule has 1 fully saturated rings. The minimum absolute atomic E-state index is 0.00594. The highest BCUT2D eigenvalue weighted by molar-refractivity contribution is 7.92. The van der Waals surface area contributed by atoms with Gasteiger partial charge in [0.15, 0.2) is 0 Å². The largest absolute Gasteiger partial charge is 0.379 e. The quantitative estimate of drug-likeness (QED) is 0.495. The Morgan fingerprint density at radius 2 is 1.54 bits per heavy atom. The van der Waals surface area contributed by atoms with E-state index >= 15 is 0 Å². The fourth-order valence-corrected chi connectivity index (χ4v) is 5.99. The maximum atomic E-state index is 13.2. The topological polar surface area (TPSA) is 122 Å². The number of nitrogens with zero attached hydrogens (tertiary/aromatic N) is 1. The molecule has 0 spiro atoms. The summed E-state index contributed by atoms with van der Waals surface area (Å²) in [4.78, 5) is 12.8. The highest BCUT2D eigenvalue weighted by Crippen LogP contribution is 2.24. The molecule has 0 radical (unpaired) electrons. The van der Waals surface area contributed by atoms with Crippen LogP contribution in [0.25, 0.3) is 0 Å². The summed E-state index contributed by atoms with van der Waals surface area (Å²) in [6, 6.07) is 16.0. The van der Waals surface area contributed by atoms with Gasteiger partial charge < -0.3 is 10.1 Å². The van der Waals surface area contributed by atoms with E-state index in [0.29, 0.717) is 13.2 Å². The molecule has 1 heterocycles.